The number of halogens is 3. The Kier molecular flexibility index (Phi) is 3.76. The van der Waals surface area contributed by atoms with E-state index in [1.807, 2.05) is 0 Å². The summed E-state index contributed by atoms with van der Waals surface area (Å²) in [6.07, 6.45) is 1.52. The molecule has 0 radical (unpaired) electrons. The lowest BCUT2D eigenvalue weighted by atomic mass is 9.77. The zero-order valence-corrected chi connectivity index (χ0v) is 10.3. The van der Waals surface area contributed by atoms with Crippen molar-refractivity contribution in [2.24, 2.45) is 4.99 Å². The predicted molar refractivity (Wildman–Crippen MR) is 64.3 cm³/mol. The van der Waals surface area contributed by atoms with Crippen LogP contribution in [0.15, 0.2) is 29.3 Å². The number of carbonyl (C=O) groups excluding carboxylic acids is 1. The largest absolute Gasteiger partial charge is 0.416 e. The number of aliphatic imine (C=N–C) groups is 1. The number of rotatable bonds is 2. The molecule has 1 aromatic rings. The Morgan fingerprint density at radius 2 is 1.63 bits per heavy atom. The molecule has 0 N–H and O–H groups in total. The van der Waals surface area contributed by atoms with Gasteiger partial charge in [0.1, 0.15) is 0 Å². The molecular formula is C14H14F3NO. The van der Waals surface area contributed by atoms with Gasteiger partial charge in [-0.3, -0.25) is 0 Å². The van der Waals surface area contributed by atoms with E-state index in [0.717, 1.165) is 31.4 Å². The van der Waals surface area contributed by atoms with Gasteiger partial charge in [0.25, 0.3) is 0 Å². The Balaban J connectivity index is 2.35. The van der Waals surface area contributed by atoms with Gasteiger partial charge in [0.05, 0.1) is 11.1 Å². The Morgan fingerprint density at radius 1 is 1.05 bits per heavy atom. The van der Waals surface area contributed by atoms with Gasteiger partial charge in [-0.1, -0.05) is 31.4 Å². The van der Waals surface area contributed by atoms with Gasteiger partial charge < -0.3 is 0 Å². The predicted octanol–water partition coefficient (Wildman–Crippen LogP) is 4.20. The molecule has 2 rings (SSSR count). The molecular weight excluding hydrogens is 255 g/mol. The van der Waals surface area contributed by atoms with Crippen molar-refractivity contribution in [3.8, 4) is 0 Å². The molecule has 1 aliphatic rings. The van der Waals surface area contributed by atoms with E-state index in [1.54, 1.807) is 6.08 Å². The second kappa shape index (κ2) is 5.17. The molecule has 0 bridgehead atoms. The second-order valence-electron chi connectivity index (χ2n) is 4.87. The molecule has 5 heteroatoms. The first-order valence-electron chi connectivity index (χ1n) is 6.25. The van der Waals surface area contributed by atoms with Crippen LogP contribution in [-0.4, -0.2) is 6.08 Å². The summed E-state index contributed by atoms with van der Waals surface area (Å²) in [5.74, 6) is 0. The molecule has 0 unspecified atom stereocenters. The van der Waals surface area contributed by atoms with E-state index in [4.69, 9.17) is 0 Å². The smallest absolute Gasteiger partial charge is 0.211 e. The molecule has 0 amide bonds. The van der Waals surface area contributed by atoms with Gasteiger partial charge >= 0.3 is 6.18 Å². The molecule has 0 atom stereocenters. The molecule has 0 aliphatic heterocycles. The fourth-order valence-electron chi connectivity index (χ4n) is 2.66. The number of isocyanates is 1. The minimum atomic E-state index is -4.34. The van der Waals surface area contributed by atoms with Crippen LogP contribution in [0.25, 0.3) is 0 Å². The molecule has 0 saturated heterocycles. The summed E-state index contributed by atoms with van der Waals surface area (Å²) in [6, 6.07) is 4.95. The second-order valence-corrected chi connectivity index (χ2v) is 4.87. The van der Waals surface area contributed by atoms with Crippen LogP contribution in [0, 0.1) is 0 Å². The average molecular weight is 269 g/mol. The normalized spacial score (nSPS) is 18.7. The number of alkyl halides is 3. The Bertz CT molecular complexity index is 480. The molecule has 1 saturated carbocycles. The van der Waals surface area contributed by atoms with Crippen LogP contribution in [-0.2, 0) is 16.5 Å². The van der Waals surface area contributed by atoms with Crippen LogP contribution >= 0.6 is 0 Å². The Morgan fingerprint density at radius 3 is 2.11 bits per heavy atom. The van der Waals surface area contributed by atoms with Gasteiger partial charge in [-0.25, -0.2) is 4.79 Å². The van der Waals surface area contributed by atoms with Gasteiger partial charge in [-0.05, 0) is 30.5 Å². The van der Waals surface area contributed by atoms with E-state index < -0.39 is 17.3 Å². The minimum Gasteiger partial charge on any atom is -0.211 e. The highest BCUT2D eigenvalue weighted by Gasteiger charge is 2.35. The maximum absolute atomic E-state index is 12.5. The first-order chi connectivity index (χ1) is 8.98. The van der Waals surface area contributed by atoms with E-state index in [0.29, 0.717) is 18.4 Å². The first-order valence-corrected chi connectivity index (χ1v) is 6.25. The maximum atomic E-state index is 12.5. The summed E-state index contributed by atoms with van der Waals surface area (Å²) in [5, 5.41) is 0. The van der Waals surface area contributed by atoms with Crippen LogP contribution < -0.4 is 0 Å². The molecule has 2 nitrogen and oxygen atoms in total. The lowest BCUT2D eigenvalue weighted by Gasteiger charge is -2.32. The summed E-state index contributed by atoms with van der Waals surface area (Å²) < 4.78 is 37.6. The SMILES string of the molecule is O=C=NC1(c2ccc(C(F)(F)F)cc2)CCCCC1. The third-order valence-electron chi connectivity index (χ3n) is 3.69. The van der Waals surface area contributed by atoms with Crippen LogP contribution in [0.4, 0.5) is 13.2 Å². The molecule has 1 fully saturated rings. The minimum absolute atomic E-state index is 0.670. The maximum Gasteiger partial charge on any atom is 0.416 e. The van der Waals surface area contributed by atoms with E-state index in [1.165, 1.54) is 12.1 Å². The summed E-state index contributed by atoms with van der Waals surface area (Å²) in [7, 11) is 0. The summed E-state index contributed by atoms with van der Waals surface area (Å²) in [6.45, 7) is 0. The molecule has 0 heterocycles. The van der Waals surface area contributed by atoms with Crippen molar-refractivity contribution in [1.82, 2.24) is 0 Å². The lowest BCUT2D eigenvalue weighted by molar-refractivity contribution is -0.137. The van der Waals surface area contributed by atoms with Crippen molar-refractivity contribution in [2.75, 3.05) is 0 Å². The molecule has 0 spiro atoms. The zero-order valence-electron chi connectivity index (χ0n) is 10.3. The van der Waals surface area contributed by atoms with Crippen LogP contribution in [0.5, 0.6) is 0 Å². The van der Waals surface area contributed by atoms with Gasteiger partial charge in [0.15, 0.2) is 0 Å². The number of benzene rings is 1. The van der Waals surface area contributed by atoms with Crippen LogP contribution in [0.2, 0.25) is 0 Å². The molecule has 1 aromatic carbocycles. The summed E-state index contributed by atoms with van der Waals surface area (Å²) in [5.41, 5.74) is -0.690. The third kappa shape index (κ3) is 2.87. The van der Waals surface area contributed by atoms with Gasteiger partial charge in [-0.2, -0.15) is 18.2 Å². The van der Waals surface area contributed by atoms with Gasteiger partial charge in [0, 0.05) is 0 Å². The monoisotopic (exact) mass is 269 g/mol. The van der Waals surface area contributed by atoms with E-state index in [2.05, 4.69) is 4.99 Å². The average Bonchev–Trinajstić information content (AvgIpc) is 2.39. The Hall–Kier alpha value is -1.61. The molecule has 102 valence electrons. The number of nitrogens with zero attached hydrogens (tertiary/aromatic N) is 1. The van der Waals surface area contributed by atoms with Crippen LogP contribution in [0.1, 0.15) is 43.2 Å². The van der Waals surface area contributed by atoms with Gasteiger partial charge in [0.2, 0.25) is 6.08 Å². The highest BCUT2D eigenvalue weighted by atomic mass is 19.4. The van der Waals surface area contributed by atoms with Crippen molar-refractivity contribution in [3.63, 3.8) is 0 Å². The zero-order chi connectivity index (χ0) is 13.9. The van der Waals surface area contributed by atoms with Crippen molar-refractivity contribution >= 4 is 6.08 Å². The highest BCUT2D eigenvalue weighted by Crippen LogP contribution is 2.41. The lowest BCUT2D eigenvalue weighted by Crippen LogP contribution is -2.26. The van der Waals surface area contributed by atoms with Gasteiger partial charge in [-0.15, -0.1) is 0 Å². The topological polar surface area (TPSA) is 29.4 Å². The quantitative estimate of drug-likeness (QED) is 0.584. The number of hydrogen-bond acceptors (Lipinski definition) is 2. The molecule has 19 heavy (non-hydrogen) atoms. The fourth-order valence-corrected chi connectivity index (χ4v) is 2.66. The van der Waals surface area contributed by atoms with E-state index >= 15 is 0 Å². The van der Waals surface area contributed by atoms with Crippen molar-refractivity contribution in [2.45, 2.75) is 43.8 Å². The van der Waals surface area contributed by atoms with Crippen LogP contribution in [0.3, 0.4) is 0 Å². The standard InChI is InChI=1S/C14H14F3NO/c15-14(16,17)12-6-4-11(5-7-12)13(18-10-19)8-2-1-3-9-13/h4-7H,1-3,8-9H2. The van der Waals surface area contributed by atoms with Crippen molar-refractivity contribution in [3.05, 3.63) is 35.4 Å². The fraction of sp³-hybridized carbons (Fsp3) is 0.500. The molecule has 1 aliphatic carbocycles. The molecule has 0 aromatic heterocycles. The summed E-state index contributed by atoms with van der Waals surface area (Å²) in [4.78, 5) is 14.5. The third-order valence-corrected chi connectivity index (χ3v) is 3.69. The summed E-state index contributed by atoms with van der Waals surface area (Å²) >= 11 is 0. The van der Waals surface area contributed by atoms with Crippen molar-refractivity contribution in [1.29, 1.82) is 0 Å². The van der Waals surface area contributed by atoms with Crippen molar-refractivity contribution < 1.29 is 18.0 Å². The number of hydrogen-bond donors (Lipinski definition) is 0. The first kappa shape index (κ1) is 13.8. The van der Waals surface area contributed by atoms with E-state index in [-0.39, 0.29) is 0 Å². The Labute approximate surface area is 109 Å². The highest BCUT2D eigenvalue weighted by molar-refractivity contribution is 5.39. The van der Waals surface area contributed by atoms with E-state index in [9.17, 15) is 18.0 Å².